The Morgan fingerprint density at radius 3 is 2.00 bits per heavy atom. The van der Waals surface area contributed by atoms with Crippen LogP contribution in [0.15, 0.2) is 17.0 Å². The summed E-state index contributed by atoms with van der Waals surface area (Å²) in [5, 5.41) is 0. The molecule has 0 fully saturated rings. The number of nitrogens with zero attached hydrogens (tertiary/aromatic N) is 1. The standard InChI is InChI=1S/C7H11NO.2CH4/c1-7(2,3)6-4-8-5-9-6;;/h4-5H,1-3H3;2*1H4. The van der Waals surface area contributed by atoms with Crippen LogP contribution in [0, 0.1) is 0 Å². The third-order valence-corrected chi connectivity index (χ3v) is 1.17. The number of hydrogen-bond acceptors (Lipinski definition) is 2. The average Bonchev–Trinajstić information content (AvgIpc) is 2.08. The van der Waals surface area contributed by atoms with Crippen molar-refractivity contribution in [2.24, 2.45) is 0 Å². The quantitative estimate of drug-likeness (QED) is 0.577. The monoisotopic (exact) mass is 157 g/mol. The van der Waals surface area contributed by atoms with Crippen molar-refractivity contribution in [3.8, 4) is 0 Å². The molecule has 0 saturated carbocycles. The van der Waals surface area contributed by atoms with Gasteiger partial charge in [0.15, 0.2) is 6.39 Å². The molecule has 2 heteroatoms. The van der Waals surface area contributed by atoms with E-state index < -0.39 is 0 Å². The van der Waals surface area contributed by atoms with Gasteiger partial charge < -0.3 is 4.42 Å². The number of hydrogen-bond donors (Lipinski definition) is 0. The molecule has 1 heterocycles. The van der Waals surface area contributed by atoms with Gasteiger partial charge >= 0.3 is 0 Å². The van der Waals surface area contributed by atoms with Gasteiger partial charge in [0.1, 0.15) is 5.76 Å². The van der Waals surface area contributed by atoms with Crippen LogP contribution in [0.5, 0.6) is 0 Å². The van der Waals surface area contributed by atoms with Crippen LogP contribution in [-0.4, -0.2) is 4.98 Å². The lowest BCUT2D eigenvalue weighted by Crippen LogP contribution is -2.08. The Kier molecular flexibility index (Phi) is 4.86. The van der Waals surface area contributed by atoms with Crippen molar-refractivity contribution in [3.05, 3.63) is 18.4 Å². The van der Waals surface area contributed by atoms with E-state index in [2.05, 4.69) is 25.8 Å². The number of oxazole rings is 1. The van der Waals surface area contributed by atoms with Gasteiger partial charge in [0.25, 0.3) is 0 Å². The molecule has 0 N–H and O–H groups in total. The Balaban J connectivity index is 0. The van der Waals surface area contributed by atoms with Crippen molar-refractivity contribution in [2.45, 2.75) is 41.0 Å². The topological polar surface area (TPSA) is 26.0 Å². The molecule has 11 heavy (non-hydrogen) atoms. The first kappa shape index (κ1) is 12.8. The fourth-order valence-corrected chi connectivity index (χ4v) is 0.586. The molecule has 0 aliphatic heterocycles. The van der Waals surface area contributed by atoms with E-state index in [1.165, 1.54) is 6.39 Å². The van der Waals surface area contributed by atoms with Crippen LogP contribution < -0.4 is 0 Å². The first-order chi connectivity index (χ1) is 4.11. The van der Waals surface area contributed by atoms with E-state index in [1.807, 2.05) is 0 Å². The van der Waals surface area contributed by atoms with Crippen LogP contribution in [-0.2, 0) is 5.41 Å². The van der Waals surface area contributed by atoms with Crippen LogP contribution >= 0.6 is 0 Å². The van der Waals surface area contributed by atoms with E-state index in [9.17, 15) is 0 Å². The maximum Gasteiger partial charge on any atom is 0.180 e. The molecule has 1 aromatic heterocycles. The first-order valence-corrected chi connectivity index (χ1v) is 2.99. The van der Waals surface area contributed by atoms with E-state index >= 15 is 0 Å². The summed E-state index contributed by atoms with van der Waals surface area (Å²) < 4.78 is 5.09. The van der Waals surface area contributed by atoms with Gasteiger partial charge in [0.2, 0.25) is 0 Å². The molecule has 0 saturated heterocycles. The minimum atomic E-state index is 0. The molecule has 0 amide bonds. The molecule has 2 nitrogen and oxygen atoms in total. The lowest BCUT2D eigenvalue weighted by molar-refractivity contribution is 0.408. The summed E-state index contributed by atoms with van der Waals surface area (Å²) in [5.41, 5.74) is 0.0938. The lowest BCUT2D eigenvalue weighted by atomic mass is 9.94. The number of aromatic nitrogens is 1. The molecule has 1 aromatic rings. The molecular weight excluding hydrogens is 138 g/mol. The summed E-state index contributed by atoms with van der Waals surface area (Å²) in [6.45, 7) is 6.27. The van der Waals surface area contributed by atoms with E-state index in [0.717, 1.165) is 5.76 Å². The fourth-order valence-electron chi connectivity index (χ4n) is 0.586. The highest BCUT2D eigenvalue weighted by Gasteiger charge is 2.16. The minimum Gasteiger partial charge on any atom is -0.448 e. The van der Waals surface area contributed by atoms with Crippen LogP contribution in [0.3, 0.4) is 0 Å². The molecule has 0 unspecified atom stereocenters. The third kappa shape index (κ3) is 3.21. The zero-order valence-corrected chi connectivity index (χ0v) is 6.01. The Morgan fingerprint density at radius 2 is 1.82 bits per heavy atom. The Morgan fingerprint density at radius 1 is 1.27 bits per heavy atom. The summed E-state index contributed by atoms with van der Waals surface area (Å²) in [7, 11) is 0. The van der Waals surface area contributed by atoms with Gasteiger partial charge in [-0.2, -0.15) is 0 Å². The second-order valence-corrected chi connectivity index (χ2v) is 3.12. The number of rotatable bonds is 0. The maximum absolute atomic E-state index is 5.09. The predicted molar refractivity (Wildman–Crippen MR) is 48.7 cm³/mol. The van der Waals surface area contributed by atoms with E-state index in [1.54, 1.807) is 6.20 Å². The van der Waals surface area contributed by atoms with Crippen molar-refractivity contribution in [2.75, 3.05) is 0 Å². The molecule has 0 radical (unpaired) electrons. The van der Waals surface area contributed by atoms with Gasteiger partial charge in [-0.15, -0.1) is 0 Å². The van der Waals surface area contributed by atoms with Gasteiger partial charge in [0.05, 0.1) is 6.20 Å². The Bertz CT molecular complexity index is 172. The average molecular weight is 157 g/mol. The predicted octanol–water partition coefficient (Wildman–Crippen LogP) is 3.24. The van der Waals surface area contributed by atoms with Gasteiger partial charge in [-0.25, -0.2) is 4.98 Å². The third-order valence-electron chi connectivity index (χ3n) is 1.17. The van der Waals surface area contributed by atoms with Crippen LogP contribution in [0.4, 0.5) is 0 Å². The zero-order chi connectivity index (χ0) is 6.91. The van der Waals surface area contributed by atoms with Crippen molar-refractivity contribution in [1.29, 1.82) is 0 Å². The summed E-state index contributed by atoms with van der Waals surface area (Å²) in [4.78, 5) is 3.82. The molecular formula is C9H19NO. The molecule has 0 atom stereocenters. The Hall–Kier alpha value is -0.790. The summed E-state index contributed by atoms with van der Waals surface area (Å²) in [5.74, 6) is 0.933. The molecule has 0 spiro atoms. The van der Waals surface area contributed by atoms with Crippen LogP contribution in [0.2, 0.25) is 0 Å². The molecule has 66 valence electrons. The largest absolute Gasteiger partial charge is 0.448 e. The van der Waals surface area contributed by atoms with Gasteiger partial charge in [-0.3, -0.25) is 0 Å². The highest BCUT2D eigenvalue weighted by Crippen LogP contribution is 2.20. The minimum absolute atomic E-state index is 0. The second kappa shape index (κ2) is 4.16. The molecule has 0 aliphatic carbocycles. The van der Waals surface area contributed by atoms with Crippen molar-refractivity contribution < 1.29 is 4.42 Å². The molecule has 0 aliphatic rings. The van der Waals surface area contributed by atoms with Crippen LogP contribution in [0.1, 0.15) is 41.4 Å². The van der Waals surface area contributed by atoms with E-state index in [4.69, 9.17) is 4.42 Å². The van der Waals surface area contributed by atoms with Crippen LogP contribution in [0.25, 0.3) is 0 Å². The summed E-state index contributed by atoms with van der Waals surface area (Å²) in [6.07, 6.45) is 3.21. The van der Waals surface area contributed by atoms with Crippen molar-refractivity contribution in [1.82, 2.24) is 4.98 Å². The maximum atomic E-state index is 5.09. The molecule has 0 bridgehead atoms. The fraction of sp³-hybridized carbons (Fsp3) is 0.667. The normalized spacial score (nSPS) is 9.73. The SMILES string of the molecule is C.C.CC(C)(C)c1cnco1. The lowest BCUT2D eigenvalue weighted by Gasteiger charge is -2.12. The van der Waals surface area contributed by atoms with Crippen molar-refractivity contribution in [3.63, 3.8) is 0 Å². The molecule has 1 rings (SSSR count). The van der Waals surface area contributed by atoms with Gasteiger partial charge in [0, 0.05) is 5.41 Å². The van der Waals surface area contributed by atoms with Gasteiger partial charge in [-0.1, -0.05) is 35.6 Å². The first-order valence-electron chi connectivity index (χ1n) is 2.99. The van der Waals surface area contributed by atoms with Gasteiger partial charge in [-0.05, 0) is 0 Å². The summed E-state index contributed by atoms with van der Waals surface area (Å²) in [6, 6.07) is 0. The summed E-state index contributed by atoms with van der Waals surface area (Å²) >= 11 is 0. The highest BCUT2D eigenvalue weighted by atomic mass is 16.3. The Labute approximate surface area is 69.6 Å². The van der Waals surface area contributed by atoms with Crippen molar-refractivity contribution >= 4 is 0 Å². The van der Waals surface area contributed by atoms with E-state index in [-0.39, 0.29) is 20.3 Å². The smallest absolute Gasteiger partial charge is 0.180 e. The zero-order valence-electron chi connectivity index (χ0n) is 6.01. The second-order valence-electron chi connectivity index (χ2n) is 3.12. The van der Waals surface area contributed by atoms with E-state index in [0.29, 0.717) is 0 Å². The molecule has 0 aromatic carbocycles. The highest BCUT2D eigenvalue weighted by molar-refractivity contribution is 5.02.